The zero-order valence-corrected chi connectivity index (χ0v) is 14.7. The largest absolute Gasteiger partial charge is 0.481 e. The van der Waals surface area contributed by atoms with Crippen LogP contribution in [0.25, 0.3) is 0 Å². The molecule has 0 aromatic carbocycles. The lowest BCUT2D eigenvalue weighted by molar-refractivity contribution is -0.146. The van der Waals surface area contributed by atoms with Gasteiger partial charge in [0.25, 0.3) is 0 Å². The molecule has 6 heteroatoms. The van der Waals surface area contributed by atoms with Crippen molar-refractivity contribution < 1.29 is 24.6 Å². The van der Waals surface area contributed by atoms with E-state index >= 15 is 0 Å². The minimum absolute atomic E-state index is 0.0867. The number of carbonyl (C=O) groups is 3. The van der Waals surface area contributed by atoms with E-state index in [1.165, 1.54) is 0 Å². The van der Waals surface area contributed by atoms with E-state index in [9.17, 15) is 24.6 Å². The molecule has 0 spiro atoms. The molecule has 1 amide bonds. The Labute approximate surface area is 148 Å². The minimum atomic E-state index is -0.886. The first-order valence-corrected chi connectivity index (χ1v) is 9.25. The lowest BCUT2D eigenvalue weighted by Gasteiger charge is -2.34. The van der Waals surface area contributed by atoms with Crippen molar-refractivity contribution in [3.05, 3.63) is 12.7 Å². The maximum Gasteiger partial charge on any atom is 0.306 e. The number of amides is 1. The SMILES string of the molecule is C=CCC(CC1(C(=O)NC2CCCC(C(=O)O)C2)CCCC1)C(=O)O. The molecular formula is C19H29NO5. The smallest absolute Gasteiger partial charge is 0.306 e. The molecule has 0 aromatic heterocycles. The van der Waals surface area contributed by atoms with Gasteiger partial charge in [0.05, 0.1) is 17.3 Å². The number of hydrogen-bond donors (Lipinski definition) is 3. The van der Waals surface area contributed by atoms with Gasteiger partial charge in [0.15, 0.2) is 0 Å². The fourth-order valence-electron chi connectivity index (χ4n) is 4.40. The summed E-state index contributed by atoms with van der Waals surface area (Å²) < 4.78 is 0. The number of aliphatic carboxylic acids is 2. The second-order valence-electron chi connectivity index (χ2n) is 7.62. The summed E-state index contributed by atoms with van der Waals surface area (Å²) in [6.07, 6.45) is 8.25. The van der Waals surface area contributed by atoms with Crippen molar-refractivity contribution in [3.8, 4) is 0 Å². The molecule has 2 fully saturated rings. The summed E-state index contributed by atoms with van der Waals surface area (Å²) in [5.41, 5.74) is -0.637. The van der Waals surface area contributed by atoms with E-state index in [0.717, 1.165) is 25.7 Å². The van der Waals surface area contributed by atoms with Crippen LogP contribution in [0.15, 0.2) is 12.7 Å². The highest BCUT2D eigenvalue weighted by atomic mass is 16.4. The van der Waals surface area contributed by atoms with Crippen molar-refractivity contribution in [2.75, 3.05) is 0 Å². The van der Waals surface area contributed by atoms with Crippen LogP contribution in [0.1, 0.15) is 64.2 Å². The Morgan fingerprint density at radius 2 is 1.84 bits per heavy atom. The van der Waals surface area contributed by atoms with Gasteiger partial charge in [-0.1, -0.05) is 25.3 Å². The van der Waals surface area contributed by atoms with Crippen molar-refractivity contribution in [2.24, 2.45) is 17.3 Å². The van der Waals surface area contributed by atoms with E-state index in [4.69, 9.17) is 0 Å². The highest BCUT2D eigenvalue weighted by molar-refractivity contribution is 5.84. The molecule has 0 bridgehead atoms. The van der Waals surface area contributed by atoms with Crippen LogP contribution in [-0.4, -0.2) is 34.1 Å². The lowest BCUT2D eigenvalue weighted by atomic mass is 9.75. The molecule has 0 aromatic rings. The average molecular weight is 351 g/mol. The Morgan fingerprint density at radius 3 is 2.40 bits per heavy atom. The predicted octanol–water partition coefficient (Wildman–Crippen LogP) is 2.97. The first kappa shape index (κ1) is 19.5. The van der Waals surface area contributed by atoms with Gasteiger partial charge in [-0.2, -0.15) is 0 Å². The van der Waals surface area contributed by atoms with Crippen LogP contribution in [-0.2, 0) is 14.4 Å². The molecule has 3 atom stereocenters. The molecule has 0 heterocycles. The van der Waals surface area contributed by atoms with Gasteiger partial charge in [0.2, 0.25) is 5.91 Å². The third kappa shape index (κ3) is 4.83. The normalized spacial score (nSPS) is 26.6. The first-order chi connectivity index (χ1) is 11.9. The second kappa shape index (κ2) is 8.50. The molecule has 6 nitrogen and oxygen atoms in total. The highest BCUT2D eigenvalue weighted by Gasteiger charge is 2.44. The molecule has 0 radical (unpaired) electrons. The van der Waals surface area contributed by atoms with Crippen LogP contribution in [0.2, 0.25) is 0 Å². The molecule has 2 aliphatic carbocycles. The van der Waals surface area contributed by atoms with E-state index in [-0.39, 0.29) is 11.9 Å². The summed E-state index contributed by atoms with van der Waals surface area (Å²) in [5, 5.41) is 21.7. The van der Waals surface area contributed by atoms with E-state index < -0.39 is 29.2 Å². The fraction of sp³-hybridized carbons (Fsp3) is 0.737. The van der Waals surface area contributed by atoms with Gasteiger partial charge in [-0.3, -0.25) is 14.4 Å². The lowest BCUT2D eigenvalue weighted by Crippen LogP contribution is -2.47. The van der Waals surface area contributed by atoms with E-state index in [0.29, 0.717) is 38.5 Å². The quantitative estimate of drug-likeness (QED) is 0.583. The number of carboxylic acids is 2. The number of allylic oxidation sites excluding steroid dienone is 1. The predicted molar refractivity (Wildman–Crippen MR) is 93.0 cm³/mol. The summed E-state index contributed by atoms with van der Waals surface area (Å²) >= 11 is 0. The number of carbonyl (C=O) groups excluding carboxylic acids is 1. The van der Waals surface area contributed by atoms with Crippen molar-refractivity contribution >= 4 is 17.8 Å². The molecule has 2 rings (SSSR count). The fourth-order valence-corrected chi connectivity index (χ4v) is 4.40. The topological polar surface area (TPSA) is 104 Å². The molecule has 3 unspecified atom stereocenters. The minimum Gasteiger partial charge on any atom is -0.481 e. The van der Waals surface area contributed by atoms with Crippen LogP contribution < -0.4 is 5.32 Å². The molecular weight excluding hydrogens is 322 g/mol. The summed E-state index contributed by atoms with van der Waals surface area (Å²) in [6, 6.07) is -0.123. The molecule has 25 heavy (non-hydrogen) atoms. The van der Waals surface area contributed by atoms with Gasteiger partial charge in [-0.15, -0.1) is 6.58 Å². The maximum atomic E-state index is 13.0. The van der Waals surface area contributed by atoms with Crippen LogP contribution in [0.4, 0.5) is 0 Å². The zero-order chi connectivity index (χ0) is 18.4. The third-order valence-corrected chi connectivity index (χ3v) is 5.84. The Bertz CT molecular complexity index is 524. The molecule has 3 N–H and O–H groups in total. The number of rotatable bonds is 8. The zero-order valence-electron chi connectivity index (χ0n) is 14.7. The Balaban J connectivity index is 2.05. The summed E-state index contributed by atoms with van der Waals surface area (Å²) in [7, 11) is 0. The Kier molecular flexibility index (Phi) is 6.62. The van der Waals surface area contributed by atoms with Crippen molar-refractivity contribution in [1.82, 2.24) is 5.32 Å². The van der Waals surface area contributed by atoms with Crippen molar-refractivity contribution in [3.63, 3.8) is 0 Å². The van der Waals surface area contributed by atoms with Gasteiger partial charge in [0, 0.05) is 6.04 Å². The van der Waals surface area contributed by atoms with Gasteiger partial charge in [-0.05, 0) is 44.9 Å². The number of hydrogen-bond acceptors (Lipinski definition) is 3. The van der Waals surface area contributed by atoms with Gasteiger partial charge < -0.3 is 15.5 Å². The van der Waals surface area contributed by atoms with Gasteiger partial charge >= 0.3 is 11.9 Å². The van der Waals surface area contributed by atoms with Crippen LogP contribution in [0.3, 0.4) is 0 Å². The van der Waals surface area contributed by atoms with Gasteiger partial charge in [-0.25, -0.2) is 0 Å². The van der Waals surface area contributed by atoms with E-state index in [1.807, 2.05) is 0 Å². The highest BCUT2D eigenvalue weighted by Crippen LogP contribution is 2.44. The molecule has 0 saturated heterocycles. The van der Waals surface area contributed by atoms with E-state index in [1.54, 1.807) is 6.08 Å². The standard InChI is InChI=1S/C19H29NO5/c1-2-6-14(17(23)24)12-19(9-3-4-10-19)18(25)20-15-8-5-7-13(11-15)16(21)22/h2,13-15H,1,3-12H2,(H,20,25)(H,21,22)(H,23,24). The van der Waals surface area contributed by atoms with Crippen LogP contribution in [0, 0.1) is 17.3 Å². The number of nitrogens with one attached hydrogen (secondary N) is 1. The number of carboxylic acid groups (broad SMARTS) is 2. The van der Waals surface area contributed by atoms with Gasteiger partial charge in [0.1, 0.15) is 0 Å². The molecule has 2 saturated carbocycles. The third-order valence-electron chi connectivity index (χ3n) is 5.84. The summed E-state index contributed by atoms with van der Waals surface area (Å²) in [5.74, 6) is -2.77. The van der Waals surface area contributed by atoms with E-state index in [2.05, 4.69) is 11.9 Å². The van der Waals surface area contributed by atoms with Crippen LogP contribution >= 0.6 is 0 Å². The summed E-state index contributed by atoms with van der Waals surface area (Å²) in [6.45, 7) is 3.62. The summed E-state index contributed by atoms with van der Waals surface area (Å²) in [4.78, 5) is 35.7. The van der Waals surface area contributed by atoms with Crippen LogP contribution in [0.5, 0.6) is 0 Å². The molecule has 140 valence electrons. The van der Waals surface area contributed by atoms with Crippen molar-refractivity contribution in [2.45, 2.75) is 70.3 Å². The molecule has 0 aliphatic heterocycles. The first-order valence-electron chi connectivity index (χ1n) is 9.25. The monoisotopic (exact) mass is 351 g/mol. The maximum absolute atomic E-state index is 13.0. The van der Waals surface area contributed by atoms with Crippen molar-refractivity contribution in [1.29, 1.82) is 0 Å². The molecule has 2 aliphatic rings. The average Bonchev–Trinajstić information content (AvgIpc) is 3.04. The second-order valence-corrected chi connectivity index (χ2v) is 7.62. The Hall–Kier alpha value is -1.85. The Morgan fingerprint density at radius 1 is 1.16 bits per heavy atom.